The number of fused-ring (bicyclic) bond motifs is 2. The molecule has 2 aromatic carbocycles. The van der Waals surface area contributed by atoms with Gasteiger partial charge in [0.15, 0.2) is 0 Å². The molecule has 0 unspecified atom stereocenters. The third-order valence-corrected chi connectivity index (χ3v) is 4.65. The van der Waals surface area contributed by atoms with Gasteiger partial charge in [0.25, 0.3) is 0 Å². The van der Waals surface area contributed by atoms with Crippen LogP contribution in [0.3, 0.4) is 0 Å². The molecule has 0 aromatic heterocycles. The molecule has 0 amide bonds. The molecule has 3 N–H and O–H groups in total. The van der Waals surface area contributed by atoms with Gasteiger partial charge in [0.05, 0.1) is 18.3 Å². The molecular weight excluding hydrogens is 300 g/mol. The van der Waals surface area contributed by atoms with Crippen molar-refractivity contribution >= 4 is 17.4 Å². The van der Waals surface area contributed by atoms with Gasteiger partial charge >= 0.3 is 0 Å². The number of benzene rings is 2. The highest BCUT2D eigenvalue weighted by Crippen LogP contribution is 2.33. The van der Waals surface area contributed by atoms with Crippen LogP contribution in [0.1, 0.15) is 24.0 Å². The fourth-order valence-electron chi connectivity index (χ4n) is 3.34. The van der Waals surface area contributed by atoms with Crippen molar-refractivity contribution in [3.63, 3.8) is 0 Å². The second-order valence-electron chi connectivity index (χ2n) is 6.25. The van der Waals surface area contributed by atoms with Gasteiger partial charge in [-0.25, -0.2) is 4.99 Å². The maximum Gasteiger partial charge on any atom is 0.117 e. The summed E-state index contributed by atoms with van der Waals surface area (Å²) in [7, 11) is 0. The first-order valence-corrected chi connectivity index (χ1v) is 8.20. The second-order valence-corrected chi connectivity index (χ2v) is 6.25. The zero-order valence-corrected chi connectivity index (χ0v) is 13.4. The molecule has 4 rings (SSSR count). The number of aromatic hydroxyl groups is 1. The molecule has 5 nitrogen and oxygen atoms in total. The van der Waals surface area contributed by atoms with Crippen LogP contribution in [0.25, 0.3) is 0 Å². The fourth-order valence-corrected chi connectivity index (χ4v) is 3.34. The van der Waals surface area contributed by atoms with Crippen molar-refractivity contribution in [2.75, 3.05) is 0 Å². The van der Waals surface area contributed by atoms with Gasteiger partial charge in [0, 0.05) is 13.0 Å². The summed E-state index contributed by atoms with van der Waals surface area (Å²) in [5, 5.41) is 9.34. The van der Waals surface area contributed by atoms with Gasteiger partial charge in [-0.1, -0.05) is 30.3 Å². The molecule has 0 spiro atoms. The highest BCUT2D eigenvalue weighted by atomic mass is 16.3. The van der Waals surface area contributed by atoms with Gasteiger partial charge in [-0.3, -0.25) is 4.99 Å². The van der Waals surface area contributed by atoms with Gasteiger partial charge in [0.2, 0.25) is 0 Å². The minimum atomic E-state index is 0.120. The van der Waals surface area contributed by atoms with E-state index in [1.165, 1.54) is 5.56 Å². The third kappa shape index (κ3) is 2.73. The average molecular weight is 320 g/mol. The number of phenolic OH excluding ortho intramolecular Hbond substituents is 1. The van der Waals surface area contributed by atoms with Gasteiger partial charge < -0.3 is 15.7 Å². The zero-order valence-electron chi connectivity index (χ0n) is 13.4. The molecule has 0 saturated carbocycles. The molecule has 0 radical (unpaired) electrons. The van der Waals surface area contributed by atoms with Crippen LogP contribution >= 0.6 is 0 Å². The van der Waals surface area contributed by atoms with Crippen LogP contribution in [0.2, 0.25) is 0 Å². The van der Waals surface area contributed by atoms with Gasteiger partial charge in [0.1, 0.15) is 17.4 Å². The van der Waals surface area contributed by atoms with Crippen molar-refractivity contribution < 1.29 is 5.11 Å². The summed E-state index contributed by atoms with van der Waals surface area (Å²) in [6.45, 7) is 1.37. The van der Waals surface area contributed by atoms with Crippen LogP contribution in [0.4, 0.5) is 5.69 Å². The number of hydrogen-bond acceptors (Lipinski definition) is 4. The lowest BCUT2D eigenvalue weighted by atomic mass is 10.1. The largest absolute Gasteiger partial charge is 0.508 e. The molecule has 0 bridgehead atoms. The molecule has 24 heavy (non-hydrogen) atoms. The summed E-state index contributed by atoms with van der Waals surface area (Å²) >= 11 is 0. The average Bonchev–Trinajstić information content (AvgIpc) is 3.02. The van der Waals surface area contributed by atoms with Crippen LogP contribution in [0.5, 0.6) is 5.75 Å². The number of phenols is 1. The lowest BCUT2D eigenvalue weighted by molar-refractivity contribution is 0.390. The van der Waals surface area contributed by atoms with E-state index in [0.29, 0.717) is 12.4 Å². The molecule has 2 aliphatic heterocycles. The van der Waals surface area contributed by atoms with E-state index >= 15 is 0 Å². The van der Waals surface area contributed by atoms with E-state index in [2.05, 4.69) is 22.0 Å². The van der Waals surface area contributed by atoms with Crippen molar-refractivity contribution in [1.82, 2.24) is 4.90 Å². The third-order valence-electron chi connectivity index (χ3n) is 4.65. The maximum atomic E-state index is 9.34. The summed E-state index contributed by atoms with van der Waals surface area (Å²) < 4.78 is 0. The van der Waals surface area contributed by atoms with E-state index in [0.717, 1.165) is 36.5 Å². The van der Waals surface area contributed by atoms with Crippen molar-refractivity contribution in [2.24, 2.45) is 15.7 Å². The van der Waals surface area contributed by atoms with Crippen LogP contribution < -0.4 is 5.73 Å². The van der Waals surface area contributed by atoms with Gasteiger partial charge in [-0.2, -0.15) is 0 Å². The van der Waals surface area contributed by atoms with E-state index in [4.69, 9.17) is 10.7 Å². The monoisotopic (exact) mass is 320 g/mol. The first kappa shape index (κ1) is 14.8. The fraction of sp³-hybridized carbons (Fsp3) is 0.263. The van der Waals surface area contributed by atoms with E-state index in [1.54, 1.807) is 12.1 Å². The standard InChI is InChI=1S/C19H20N4O/c20-19(21-11-13-5-7-15(24)8-6-13)17-9-10-18-22-16-4-2-1-3-14(16)12-23(17)18/h1-8,17,24H,9-12H2,(H2,20,21)/t17-/m1/s1. The predicted octanol–water partition coefficient (Wildman–Crippen LogP) is 2.96. The van der Waals surface area contributed by atoms with Crippen molar-refractivity contribution in [1.29, 1.82) is 0 Å². The lowest BCUT2D eigenvalue weighted by Crippen LogP contribution is -2.42. The molecule has 122 valence electrons. The Morgan fingerprint density at radius 1 is 1.21 bits per heavy atom. The Labute approximate surface area is 141 Å². The highest BCUT2D eigenvalue weighted by Gasteiger charge is 2.34. The Kier molecular flexibility index (Phi) is 3.69. The first-order chi connectivity index (χ1) is 11.7. The molecule has 5 heteroatoms. The molecule has 2 heterocycles. The lowest BCUT2D eigenvalue weighted by Gasteiger charge is -2.30. The van der Waals surface area contributed by atoms with Crippen LogP contribution in [0, 0.1) is 0 Å². The smallest absolute Gasteiger partial charge is 0.117 e. The Bertz CT molecular complexity index is 810. The summed E-state index contributed by atoms with van der Waals surface area (Å²) in [4.78, 5) is 11.6. The van der Waals surface area contributed by atoms with E-state index in [1.807, 2.05) is 24.3 Å². The number of nitrogens with two attached hydrogens (primary N) is 1. The summed E-state index contributed by atoms with van der Waals surface area (Å²) in [6.07, 6.45) is 1.90. The van der Waals surface area contributed by atoms with E-state index < -0.39 is 0 Å². The van der Waals surface area contributed by atoms with Crippen molar-refractivity contribution in [3.8, 4) is 5.75 Å². The number of hydrogen-bond donors (Lipinski definition) is 2. The normalized spacial score (nSPS) is 19.7. The Morgan fingerprint density at radius 2 is 2.00 bits per heavy atom. The maximum absolute atomic E-state index is 9.34. The van der Waals surface area contributed by atoms with Crippen molar-refractivity contribution in [3.05, 3.63) is 59.7 Å². The summed E-state index contributed by atoms with van der Waals surface area (Å²) in [6, 6.07) is 15.4. The zero-order chi connectivity index (χ0) is 16.5. The highest BCUT2D eigenvalue weighted by molar-refractivity contribution is 5.97. The molecule has 2 aromatic rings. The summed E-state index contributed by atoms with van der Waals surface area (Å²) in [5.41, 5.74) is 9.63. The molecule has 0 aliphatic carbocycles. The van der Waals surface area contributed by atoms with Gasteiger partial charge in [-0.15, -0.1) is 0 Å². The van der Waals surface area contributed by atoms with Crippen LogP contribution in [-0.4, -0.2) is 27.7 Å². The number of rotatable bonds is 3. The first-order valence-electron chi connectivity index (χ1n) is 8.20. The Morgan fingerprint density at radius 3 is 2.83 bits per heavy atom. The number of aliphatic imine (C=N–C) groups is 2. The van der Waals surface area contributed by atoms with Crippen LogP contribution in [-0.2, 0) is 13.1 Å². The molecule has 2 aliphatic rings. The van der Waals surface area contributed by atoms with E-state index in [9.17, 15) is 5.11 Å². The minimum Gasteiger partial charge on any atom is -0.508 e. The number of para-hydroxylation sites is 1. The van der Waals surface area contributed by atoms with Crippen molar-refractivity contribution in [2.45, 2.75) is 32.0 Å². The number of nitrogens with zero attached hydrogens (tertiary/aromatic N) is 3. The topological polar surface area (TPSA) is 74.2 Å². The molecule has 1 fully saturated rings. The predicted molar refractivity (Wildman–Crippen MR) is 95.5 cm³/mol. The minimum absolute atomic E-state index is 0.120. The van der Waals surface area contributed by atoms with Crippen LogP contribution in [0.15, 0.2) is 58.5 Å². The Balaban J connectivity index is 1.51. The molecular formula is C19H20N4O. The summed E-state index contributed by atoms with van der Waals surface area (Å²) in [5.74, 6) is 2.04. The quantitative estimate of drug-likeness (QED) is 0.674. The molecule has 1 atom stereocenters. The molecule has 1 saturated heterocycles. The Hall–Kier alpha value is -2.82. The van der Waals surface area contributed by atoms with Gasteiger partial charge in [-0.05, 0) is 35.7 Å². The SMILES string of the molecule is NC(=NCc1ccc(O)cc1)[C@H]1CCC2=Nc3ccccc3CN21. The number of amidine groups is 2. The van der Waals surface area contributed by atoms with E-state index in [-0.39, 0.29) is 11.8 Å². The second kappa shape index (κ2) is 6.00.